The molecule has 0 aliphatic carbocycles. The Balaban J connectivity index is 5.07. The van der Waals surface area contributed by atoms with E-state index in [1.807, 2.05) is 4.72 Å². The molecule has 116 valence electrons. The Bertz CT molecular complexity index is 361. The summed E-state index contributed by atoms with van der Waals surface area (Å²) in [5.74, 6) is 0. The molecule has 0 fully saturated rings. The third-order valence-corrected chi connectivity index (χ3v) is 5.70. The molecule has 5 nitrogen and oxygen atoms in total. The molecule has 0 aliphatic rings. The van der Waals surface area contributed by atoms with Gasteiger partial charge in [-0.2, -0.15) is 13.2 Å². The minimum atomic E-state index is -4.71. The standard InChI is InChI=1S/C9H19F3NO4PS/c1-8(2,3)19(15)13-7(9(10,11)12)6-18(14,16-4)17-5/h7,13H,6H2,1-5H3/t7-,19?/m0/s1. The molecule has 0 saturated carbocycles. The van der Waals surface area contributed by atoms with Gasteiger partial charge in [0.15, 0.2) is 0 Å². The number of hydrogen-bond acceptors (Lipinski definition) is 4. The summed E-state index contributed by atoms with van der Waals surface area (Å²) in [7, 11) is -3.82. The summed E-state index contributed by atoms with van der Waals surface area (Å²) in [4.78, 5) is 0. The topological polar surface area (TPSA) is 64.6 Å². The maximum atomic E-state index is 12.8. The van der Waals surface area contributed by atoms with E-state index >= 15 is 0 Å². The lowest BCUT2D eigenvalue weighted by Gasteiger charge is -2.27. The predicted molar refractivity (Wildman–Crippen MR) is 67.4 cm³/mol. The lowest BCUT2D eigenvalue weighted by Crippen LogP contribution is -2.49. The van der Waals surface area contributed by atoms with Gasteiger partial charge in [-0.1, -0.05) is 0 Å². The zero-order valence-corrected chi connectivity index (χ0v) is 13.1. The van der Waals surface area contributed by atoms with Crippen LogP contribution in [0.1, 0.15) is 20.8 Å². The molecule has 0 amide bonds. The first-order valence-electron chi connectivity index (χ1n) is 5.31. The molecule has 0 aromatic rings. The van der Waals surface area contributed by atoms with Gasteiger partial charge in [0.25, 0.3) is 0 Å². The van der Waals surface area contributed by atoms with Crippen molar-refractivity contribution in [3.05, 3.63) is 0 Å². The molecule has 2 atom stereocenters. The van der Waals surface area contributed by atoms with Gasteiger partial charge >= 0.3 is 13.8 Å². The Labute approximate surface area is 113 Å². The van der Waals surface area contributed by atoms with Crippen LogP contribution in [0, 0.1) is 0 Å². The van der Waals surface area contributed by atoms with Gasteiger partial charge in [-0.15, -0.1) is 0 Å². The fraction of sp³-hybridized carbons (Fsp3) is 1.00. The van der Waals surface area contributed by atoms with Gasteiger partial charge in [-0.25, -0.2) is 8.93 Å². The molecule has 10 heteroatoms. The highest BCUT2D eigenvalue weighted by molar-refractivity contribution is 7.84. The van der Waals surface area contributed by atoms with Gasteiger partial charge in [0.05, 0.1) is 21.9 Å². The van der Waals surface area contributed by atoms with Crippen molar-refractivity contribution in [1.82, 2.24) is 4.72 Å². The van der Waals surface area contributed by atoms with Crippen LogP contribution in [0.5, 0.6) is 0 Å². The average molecular weight is 325 g/mol. The van der Waals surface area contributed by atoms with Gasteiger partial charge in [-0.3, -0.25) is 4.57 Å². The van der Waals surface area contributed by atoms with E-state index in [1.165, 1.54) is 20.8 Å². The molecule has 0 rings (SSSR count). The minimum absolute atomic E-state index is 0.881. The van der Waals surface area contributed by atoms with Crippen LogP contribution >= 0.6 is 7.60 Å². The Hall–Kier alpha value is 0.0500. The quantitative estimate of drug-likeness (QED) is 0.762. The second-order valence-corrected chi connectivity index (χ2v) is 9.07. The Kier molecular flexibility index (Phi) is 6.69. The van der Waals surface area contributed by atoms with E-state index in [9.17, 15) is 21.9 Å². The van der Waals surface area contributed by atoms with Gasteiger partial charge in [0.1, 0.15) is 6.04 Å². The van der Waals surface area contributed by atoms with Crippen molar-refractivity contribution >= 4 is 18.6 Å². The molecule has 1 unspecified atom stereocenters. The summed E-state index contributed by atoms with van der Waals surface area (Å²) in [5.41, 5.74) is 0. The van der Waals surface area contributed by atoms with E-state index in [0.717, 1.165) is 14.2 Å². The Morgan fingerprint density at radius 2 is 1.63 bits per heavy atom. The van der Waals surface area contributed by atoms with Crippen molar-refractivity contribution in [1.29, 1.82) is 0 Å². The first-order valence-corrected chi connectivity index (χ1v) is 8.19. The van der Waals surface area contributed by atoms with Crippen LogP contribution in [0.3, 0.4) is 0 Å². The molecule has 0 spiro atoms. The van der Waals surface area contributed by atoms with Crippen molar-refractivity contribution < 1.29 is 31.0 Å². The Morgan fingerprint density at radius 3 is 1.89 bits per heavy atom. The van der Waals surface area contributed by atoms with E-state index in [4.69, 9.17) is 0 Å². The molecule has 0 heterocycles. The maximum absolute atomic E-state index is 12.8. The van der Waals surface area contributed by atoms with Crippen LogP contribution in [0.4, 0.5) is 13.2 Å². The molecule has 0 aromatic heterocycles. The van der Waals surface area contributed by atoms with Crippen LogP contribution in [0.25, 0.3) is 0 Å². The highest BCUT2D eigenvalue weighted by Crippen LogP contribution is 2.48. The van der Waals surface area contributed by atoms with E-state index in [2.05, 4.69) is 9.05 Å². The molecule has 0 aromatic carbocycles. The smallest absolute Gasteiger partial charge is 0.312 e. The average Bonchev–Trinajstić information content (AvgIpc) is 2.25. The predicted octanol–water partition coefficient (Wildman–Crippen LogP) is 2.46. The number of hydrogen-bond donors (Lipinski definition) is 1. The summed E-state index contributed by atoms with van der Waals surface area (Å²) in [5, 5.41) is 0. The third-order valence-electron chi connectivity index (χ3n) is 2.16. The number of nitrogens with one attached hydrogen (secondary N) is 1. The molecular formula is C9H19F3NO4PS. The minimum Gasteiger partial charge on any atom is -0.312 e. The van der Waals surface area contributed by atoms with Gasteiger partial charge in [-0.05, 0) is 20.8 Å². The van der Waals surface area contributed by atoms with Crippen LogP contribution in [-0.4, -0.2) is 41.6 Å². The second kappa shape index (κ2) is 6.67. The largest absolute Gasteiger partial charge is 0.405 e. The Morgan fingerprint density at radius 1 is 1.21 bits per heavy atom. The summed E-state index contributed by atoms with van der Waals surface area (Å²) in [6, 6.07) is -2.24. The molecule has 1 N–H and O–H groups in total. The summed E-state index contributed by atoms with van der Waals surface area (Å²) >= 11 is 0. The van der Waals surface area contributed by atoms with Crippen LogP contribution in [0.2, 0.25) is 0 Å². The van der Waals surface area contributed by atoms with E-state index in [-0.39, 0.29) is 0 Å². The summed E-state index contributed by atoms with van der Waals surface area (Å²) in [6.07, 6.45) is -5.65. The first kappa shape index (κ1) is 19.1. The molecule has 0 saturated heterocycles. The fourth-order valence-electron chi connectivity index (χ4n) is 0.961. The zero-order chi connectivity index (χ0) is 15.5. The van der Waals surface area contributed by atoms with Gasteiger partial charge in [0, 0.05) is 14.2 Å². The molecule has 0 aliphatic heterocycles. The highest BCUT2D eigenvalue weighted by atomic mass is 32.2. The molecule has 0 bridgehead atoms. The maximum Gasteiger partial charge on any atom is 0.405 e. The van der Waals surface area contributed by atoms with Gasteiger partial charge in [0.2, 0.25) is 0 Å². The van der Waals surface area contributed by atoms with Crippen molar-refractivity contribution in [3.63, 3.8) is 0 Å². The van der Waals surface area contributed by atoms with Crippen LogP contribution < -0.4 is 4.72 Å². The fourth-order valence-corrected chi connectivity index (χ4v) is 3.11. The van der Waals surface area contributed by atoms with Crippen molar-refractivity contribution in [2.75, 3.05) is 20.4 Å². The summed E-state index contributed by atoms with van der Waals surface area (Å²) < 4.78 is 72.0. The van der Waals surface area contributed by atoms with Crippen molar-refractivity contribution in [2.24, 2.45) is 0 Å². The van der Waals surface area contributed by atoms with E-state index in [0.29, 0.717) is 0 Å². The SMILES string of the molecule is COP(=O)(C[C@H](NS(=O)C(C)(C)C)C(F)(F)F)OC. The van der Waals surface area contributed by atoms with Crippen LogP contribution in [0.15, 0.2) is 0 Å². The lowest BCUT2D eigenvalue weighted by molar-refractivity contribution is -0.146. The molecular weight excluding hydrogens is 306 g/mol. The van der Waals surface area contributed by atoms with Crippen molar-refractivity contribution in [3.8, 4) is 0 Å². The number of alkyl halides is 3. The zero-order valence-electron chi connectivity index (χ0n) is 11.4. The van der Waals surface area contributed by atoms with E-state index < -0.39 is 41.7 Å². The molecule has 0 radical (unpaired) electrons. The second-order valence-electron chi connectivity index (χ2n) is 4.75. The van der Waals surface area contributed by atoms with E-state index in [1.54, 1.807) is 0 Å². The number of halogens is 3. The highest BCUT2D eigenvalue weighted by Gasteiger charge is 2.46. The van der Waals surface area contributed by atoms with Crippen LogP contribution in [-0.2, 0) is 24.6 Å². The number of rotatable bonds is 6. The monoisotopic (exact) mass is 325 g/mol. The third kappa shape index (κ3) is 6.35. The molecule has 19 heavy (non-hydrogen) atoms. The summed E-state index contributed by atoms with van der Waals surface area (Å²) in [6.45, 7) is 4.57. The van der Waals surface area contributed by atoms with Gasteiger partial charge < -0.3 is 9.05 Å². The lowest BCUT2D eigenvalue weighted by atomic mass is 10.3. The first-order chi connectivity index (χ1) is 8.35. The van der Waals surface area contributed by atoms with Crippen molar-refractivity contribution in [2.45, 2.75) is 37.7 Å². The normalized spacial score (nSPS) is 17.3.